The Kier molecular flexibility index (Phi) is 3.90. The van der Waals surface area contributed by atoms with Gasteiger partial charge >= 0.3 is 0 Å². The number of ether oxygens (including phenoxy) is 1. The van der Waals surface area contributed by atoms with Gasteiger partial charge in [-0.2, -0.15) is 11.3 Å². The van der Waals surface area contributed by atoms with E-state index in [-0.39, 0.29) is 24.0 Å². The van der Waals surface area contributed by atoms with Gasteiger partial charge in [0.25, 0.3) is 11.8 Å². The Morgan fingerprint density at radius 2 is 2.08 bits per heavy atom. The number of amides is 2. The Balaban J connectivity index is 1.44. The molecule has 6 nitrogen and oxygen atoms in total. The third-order valence-corrected chi connectivity index (χ3v) is 5.43. The molecular formula is C17H18N2O4S. The molecule has 24 heavy (non-hydrogen) atoms. The van der Waals surface area contributed by atoms with Crippen molar-refractivity contribution >= 4 is 28.8 Å². The molecule has 2 aliphatic rings. The fourth-order valence-corrected chi connectivity index (χ4v) is 3.98. The number of carbonyl (C=O) groups is 2. The van der Waals surface area contributed by atoms with Crippen molar-refractivity contribution in [3.05, 3.63) is 41.0 Å². The fraction of sp³-hybridized carbons (Fsp3) is 0.412. The molecule has 0 radical (unpaired) electrons. The molecule has 0 unspecified atom stereocenters. The van der Waals surface area contributed by atoms with E-state index < -0.39 is 0 Å². The molecule has 126 valence electrons. The number of furan rings is 1. The molecule has 0 bridgehead atoms. The Bertz CT molecular complexity index is 718. The highest BCUT2D eigenvalue weighted by Crippen LogP contribution is 2.33. The lowest BCUT2D eigenvalue weighted by Crippen LogP contribution is -2.59. The van der Waals surface area contributed by atoms with E-state index in [1.165, 1.54) is 6.26 Å². The minimum Gasteiger partial charge on any atom is -0.459 e. The average molecular weight is 346 g/mol. The molecule has 2 saturated heterocycles. The summed E-state index contributed by atoms with van der Waals surface area (Å²) in [6.07, 6.45) is 2.94. The zero-order valence-electron chi connectivity index (χ0n) is 13.1. The monoisotopic (exact) mass is 346 g/mol. The molecule has 2 aromatic rings. The van der Waals surface area contributed by atoms with E-state index in [9.17, 15) is 9.59 Å². The molecule has 0 aromatic carbocycles. The second-order valence-corrected chi connectivity index (χ2v) is 6.98. The van der Waals surface area contributed by atoms with Crippen molar-refractivity contribution in [3.8, 4) is 0 Å². The third-order valence-electron chi connectivity index (χ3n) is 4.76. The summed E-state index contributed by atoms with van der Waals surface area (Å²) in [5.41, 5.74) is 0.567. The normalized spacial score (nSPS) is 20.6. The van der Waals surface area contributed by atoms with Gasteiger partial charge in [0.1, 0.15) is 6.61 Å². The van der Waals surface area contributed by atoms with Gasteiger partial charge in [-0.25, -0.2) is 0 Å². The Morgan fingerprint density at radius 3 is 2.75 bits per heavy atom. The molecule has 2 fully saturated rings. The van der Waals surface area contributed by atoms with Gasteiger partial charge in [-0.1, -0.05) is 0 Å². The van der Waals surface area contributed by atoms with Crippen molar-refractivity contribution in [2.75, 3.05) is 31.1 Å². The molecular weight excluding hydrogens is 328 g/mol. The Morgan fingerprint density at radius 1 is 1.25 bits per heavy atom. The number of thiophene rings is 1. The van der Waals surface area contributed by atoms with Gasteiger partial charge in [0.2, 0.25) is 0 Å². The van der Waals surface area contributed by atoms with E-state index >= 15 is 0 Å². The van der Waals surface area contributed by atoms with E-state index in [0.717, 1.165) is 5.69 Å². The Labute approximate surface area is 143 Å². The van der Waals surface area contributed by atoms with Crippen LogP contribution >= 0.6 is 11.3 Å². The molecule has 0 aliphatic carbocycles. The molecule has 1 spiro atoms. The van der Waals surface area contributed by atoms with Crippen molar-refractivity contribution in [3.63, 3.8) is 0 Å². The summed E-state index contributed by atoms with van der Waals surface area (Å²) in [7, 11) is 0. The van der Waals surface area contributed by atoms with Gasteiger partial charge in [-0.15, -0.1) is 0 Å². The maximum atomic E-state index is 12.4. The van der Waals surface area contributed by atoms with E-state index in [1.807, 2.05) is 21.7 Å². The lowest BCUT2D eigenvalue weighted by molar-refractivity contribution is -0.143. The zero-order valence-corrected chi connectivity index (χ0v) is 14.0. The van der Waals surface area contributed by atoms with Crippen LogP contribution in [0.3, 0.4) is 0 Å². The molecule has 2 amide bonds. The van der Waals surface area contributed by atoms with E-state index in [1.54, 1.807) is 28.4 Å². The highest BCUT2D eigenvalue weighted by molar-refractivity contribution is 7.08. The predicted octanol–water partition coefficient (Wildman–Crippen LogP) is 2.38. The molecule has 0 N–H and O–H groups in total. The lowest BCUT2D eigenvalue weighted by Gasteiger charge is -2.46. The fourth-order valence-electron chi connectivity index (χ4n) is 3.34. The van der Waals surface area contributed by atoms with Crippen LogP contribution in [-0.4, -0.2) is 48.6 Å². The maximum absolute atomic E-state index is 12.4. The van der Waals surface area contributed by atoms with Crippen molar-refractivity contribution in [2.45, 2.75) is 18.4 Å². The highest BCUT2D eigenvalue weighted by Gasteiger charge is 2.43. The largest absolute Gasteiger partial charge is 0.459 e. The van der Waals surface area contributed by atoms with Crippen LogP contribution in [0.25, 0.3) is 0 Å². The molecule has 0 atom stereocenters. The second-order valence-electron chi connectivity index (χ2n) is 6.20. The maximum Gasteiger partial charge on any atom is 0.289 e. The van der Waals surface area contributed by atoms with E-state index in [0.29, 0.717) is 38.2 Å². The van der Waals surface area contributed by atoms with Crippen LogP contribution in [-0.2, 0) is 9.53 Å². The van der Waals surface area contributed by atoms with Crippen LogP contribution in [0.5, 0.6) is 0 Å². The molecule has 7 heteroatoms. The van der Waals surface area contributed by atoms with Crippen LogP contribution in [0.1, 0.15) is 23.4 Å². The third kappa shape index (κ3) is 2.74. The van der Waals surface area contributed by atoms with Crippen molar-refractivity contribution < 1.29 is 18.7 Å². The first-order chi connectivity index (χ1) is 11.7. The highest BCUT2D eigenvalue weighted by atomic mass is 32.1. The Hall–Kier alpha value is -2.12. The number of morpholine rings is 1. The molecule has 0 saturated carbocycles. The smallest absolute Gasteiger partial charge is 0.289 e. The standard InChI is InChI=1S/C17H18N2O4S/c20-15-10-23-17(12-19(15)13-3-9-24-11-13)4-6-18(7-5-17)16(21)14-2-1-8-22-14/h1-3,8-9,11H,4-7,10,12H2. The van der Waals surface area contributed by atoms with Crippen molar-refractivity contribution in [1.29, 1.82) is 0 Å². The summed E-state index contributed by atoms with van der Waals surface area (Å²) in [5, 5.41) is 3.95. The summed E-state index contributed by atoms with van der Waals surface area (Å²) in [5.74, 6) is 0.273. The minimum absolute atomic E-state index is 0.00637. The molecule has 2 aliphatic heterocycles. The first-order valence-corrected chi connectivity index (χ1v) is 8.90. The van der Waals surface area contributed by atoms with Crippen LogP contribution in [0.2, 0.25) is 0 Å². The summed E-state index contributed by atoms with van der Waals surface area (Å²) in [6.45, 7) is 1.85. The van der Waals surface area contributed by atoms with Crippen molar-refractivity contribution in [2.24, 2.45) is 0 Å². The van der Waals surface area contributed by atoms with Crippen LogP contribution in [0, 0.1) is 0 Å². The number of carbonyl (C=O) groups excluding carboxylic acids is 2. The second kappa shape index (κ2) is 6.07. The number of anilines is 1. The van der Waals surface area contributed by atoms with Gasteiger partial charge < -0.3 is 19.0 Å². The predicted molar refractivity (Wildman–Crippen MR) is 89.2 cm³/mol. The summed E-state index contributed by atoms with van der Waals surface area (Å²) in [6, 6.07) is 5.35. The average Bonchev–Trinajstić information content (AvgIpc) is 3.31. The van der Waals surface area contributed by atoms with E-state index in [2.05, 4.69) is 0 Å². The van der Waals surface area contributed by atoms with Gasteiger partial charge in [0, 0.05) is 18.5 Å². The first kappa shape index (κ1) is 15.4. The number of nitrogens with zero attached hydrogens (tertiary/aromatic N) is 2. The lowest BCUT2D eigenvalue weighted by atomic mass is 9.89. The van der Waals surface area contributed by atoms with Crippen molar-refractivity contribution in [1.82, 2.24) is 4.90 Å². The molecule has 4 heterocycles. The minimum atomic E-state index is -0.365. The van der Waals surface area contributed by atoms with E-state index in [4.69, 9.17) is 9.15 Å². The van der Waals surface area contributed by atoms with Crippen LogP contribution in [0.4, 0.5) is 5.69 Å². The first-order valence-electron chi connectivity index (χ1n) is 7.96. The van der Waals surface area contributed by atoms with Gasteiger partial charge in [0.05, 0.1) is 24.1 Å². The van der Waals surface area contributed by atoms with Gasteiger partial charge in [-0.05, 0) is 36.4 Å². The quantitative estimate of drug-likeness (QED) is 0.838. The SMILES string of the molecule is O=C(c1ccco1)N1CCC2(CC1)CN(c1ccsc1)C(=O)CO2. The molecule has 4 rings (SSSR count). The summed E-state index contributed by atoms with van der Waals surface area (Å²) >= 11 is 1.58. The number of rotatable bonds is 2. The van der Waals surface area contributed by atoms with Crippen LogP contribution in [0.15, 0.2) is 39.6 Å². The topological polar surface area (TPSA) is 63.0 Å². The summed E-state index contributed by atoms with van der Waals surface area (Å²) < 4.78 is 11.1. The number of hydrogen-bond acceptors (Lipinski definition) is 5. The van der Waals surface area contributed by atoms with Gasteiger partial charge in [-0.3, -0.25) is 9.59 Å². The zero-order chi connectivity index (χ0) is 16.6. The molecule has 2 aromatic heterocycles. The number of likely N-dealkylation sites (tertiary alicyclic amines) is 1. The van der Waals surface area contributed by atoms with Gasteiger partial charge in [0.15, 0.2) is 5.76 Å². The number of piperidine rings is 1. The summed E-state index contributed by atoms with van der Waals surface area (Å²) in [4.78, 5) is 28.1. The number of hydrogen-bond donors (Lipinski definition) is 0. The van der Waals surface area contributed by atoms with Crippen LogP contribution < -0.4 is 4.90 Å².